The quantitative estimate of drug-likeness (QED) is 0.663. The molecule has 4 N–H and O–H groups in total. The van der Waals surface area contributed by atoms with Gasteiger partial charge in [-0.3, -0.25) is 9.78 Å². The molecule has 6 nitrogen and oxygen atoms in total. The van der Waals surface area contributed by atoms with Gasteiger partial charge in [-0.2, -0.15) is 0 Å². The summed E-state index contributed by atoms with van der Waals surface area (Å²) in [6.45, 7) is 0. The molecule has 2 unspecified atom stereocenters. The number of aliphatic hydroxyl groups is 1. The second-order valence-corrected chi connectivity index (χ2v) is 4.61. The Balaban J connectivity index is 2.01. The number of hydrogen-bond acceptors (Lipinski definition) is 5. The maximum atomic E-state index is 11.9. The molecule has 98 valence electrons. The maximum absolute atomic E-state index is 11.9. The van der Waals surface area contributed by atoms with Crippen LogP contribution in [0, 0.1) is 0 Å². The molecule has 1 fully saturated rings. The van der Waals surface area contributed by atoms with Gasteiger partial charge in [0.2, 0.25) is 0 Å². The smallest absolute Gasteiger partial charge is 0.271 e. The van der Waals surface area contributed by atoms with Crippen LogP contribution in [0.5, 0.6) is 0 Å². The molecule has 1 aromatic heterocycles. The van der Waals surface area contributed by atoms with Gasteiger partial charge < -0.3 is 16.2 Å². The average molecular weight is 250 g/mol. The van der Waals surface area contributed by atoms with E-state index in [1.807, 2.05) is 0 Å². The predicted molar refractivity (Wildman–Crippen MR) is 66.8 cm³/mol. The Morgan fingerprint density at radius 2 is 2.11 bits per heavy atom. The normalized spacial score (nSPS) is 24.3. The third-order valence-corrected chi connectivity index (χ3v) is 3.18. The fourth-order valence-electron chi connectivity index (χ4n) is 2.19. The molecule has 1 aromatic rings. The summed E-state index contributed by atoms with van der Waals surface area (Å²) in [4.78, 5) is 19.7. The minimum Gasteiger partial charge on any atom is -0.391 e. The van der Waals surface area contributed by atoms with E-state index in [-0.39, 0.29) is 23.5 Å². The van der Waals surface area contributed by atoms with Crippen molar-refractivity contribution in [2.24, 2.45) is 0 Å². The highest BCUT2D eigenvalue weighted by Crippen LogP contribution is 2.18. The summed E-state index contributed by atoms with van der Waals surface area (Å²) in [7, 11) is 0. The molecule has 2 rings (SSSR count). The van der Waals surface area contributed by atoms with E-state index in [0.717, 1.165) is 32.1 Å². The van der Waals surface area contributed by atoms with E-state index in [1.165, 1.54) is 12.4 Å². The lowest BCUT2D eigenvalue weighted by molar-refractivity contribution is 0.0814. The standard InChI is InChI=1S/C12H18N4O2/c13-11-7-14-6-9(15-11)12(18)16-8-4-2-1-3-5-10(8)17/h6-8,10,17H,1-5H2,(H2,13,15)(H,16,18). The number of aromatic nitrogens is 2. The van der Waals surface area contributed by atoms with Crippen LogP contribution >= 0.6 is 0 Å². The van der Waals surface area contributed by atoms with Crippen LogP contribution in [0.2, 0.25) is 0 Å². The van der Waals surface area contributed by atoms with Gasteiger partial charge in [-0.25, -0.2) is 4.98 Å². The second kappa shape index (κ2) is 5.77. The lowest BCUT2D eigenvalue weighted by atomic mass is 10.1. The van der Waals surface area contributed by atoms with E-state index in [1.54, 1.807) is 0 Å². The van der Waals surface area contributed by atoms with Gasteiger partial charge in [0.1, 0.15) is 11.5 Å². The van der Waals surface area contributed by atoms with Gasteiger partial charge in [0.15, 0.2) is 0 Å². The second-order valence-electron chi connectivity index (χ2n) is 4.61. The van der Waals surface area contributed by atoms with Crippen molar-refractivity contribution in [1.29, 1.82) is 0 Å². The highest BCUT2D eigenvalue weighted by atomic mass is 16.3. The molecule has 0 bridgehead atoms. The van der Waals surface area contributed by atoms with E-state index in [4.69, 9.17) is 5.73 Å². The Hall–Kier alpha value is -1.69. The molecular weight excluding hydrogens is 232 g/mol. The van der Waals surface area contributed by atoms with Gasteiger partial charge in [0.25, 0.3) is 5.91 Å². The van der Waals surface area contributed by atoms with Crippen molar-refractivity contribution in [1.82, 2.24) is 15.3 Å². The molecule has 1 aliphatic rings. The molecule has 1 saturated carbocycles. The highest BCUT2D eigenvalue weighted by molar-refractivity contribution is 5.92. The van der Waals surface area contributed by atoms with Crippen molar-refractivity contribution in [2.75, 3.05) is 5.73 Å². The van der Waals surface area contributed by atoms with Crippen molar-refractivity contribution in [2.45, 2.75) is 44.2 Å². The number of aliphatic hydroxyl groups excluding tert-OH is 1. The van der Waals surface area contributed by atoms with Gasteiger partial charge in [0.05, 0.1) is 24.5 Å². The number of nitrogens with two attached hydrogens (primary N) is 1. The van der Waals surface area contributed by atoms with Crippen LogP contribution in [0.3, 0.4) is 0 Å². The van der Waals surface area contributed by atoms with Crippen molar-refractivity contribution in [3.05, 3.63) is 18.1 Å². The van der Waals surface area contributed by atoms with Crippen molar-refractivity contribution >= 4 is 11.7 Å². The molecule has 1 heterocycles. The Morgan fingerprint density at radius 1 is 1.33 bits per heavy atom. The van der Waals surface area contributed by atoms with E-state index in [0.29, 0.717) is 0 Å². The first kappa shape index (κ1) is 12.8. The molecule has 0 saturated heterocycles. The van der Waals surface area contributed by atoms with Crippen LogP contribution in [0.25, 0.3) is 0 Å². The first-order valence-electron chi connectivity index (χ1n) is 6.23. The van der Waals surface area contributed by atoms with Crippen LogP contribution in [0.15, 0.2) is 12.4 Å². The molecule has 0 aliphatic heterocycles. The van der Waals surface area contributed by atoms with Gasteiger partial charge >= 0.3 is 0 Å². The van der Waals surface area contributed by atoms with E-state index in [9.17, 15) is 9.90 Å². The molecule has 2 atom stereocenters. The molecule has 18 heavy (non-hydrogen) atoms. The summed E-state index contributed by atoms with van der Waals surface area (Å²) in [5.74, 6) is -0.121. The molecule has 1 aliphatic carbocycles. The zero-order chi connectivity index (χ0) is 13.0. The van der Waals surface area contributed by atoms with Crippen molar-refractivity contribution in [3.8, 4) is 0 Å². The predicted octanol–water partition coefficient (Wildman–Crippen LogP) is 0.482. The molecule has 0 aromatic carbocycles. The van der Waals surface area contributed by atoms with Crippen molar-refractivity contribution < 1.29 is 9.90 Å². The number of hydrogen-bond donors (Lipinski definition) is 3. The topological polar surface area (TPSA) is 101 Å². The Bertz CT molecular complexity index is 424. The monoisotopic (exact) mass is 250 g/mol. The largest absolute Gasteiger partial charge is 0.391 e. The lowest BCUT2D eigenvalue weighted by Gasteiger charge is -2.21. The number of nitrogens with one attached hydrogen (secondary N) is 1. The van der Waals surface area contributed by atoms with Gasteiger partial charge in [0, 0.05) is 0 Å². The van der Waals surface area contributed by atoms with Gasteiger partial charge in [-0.1, -0.05) is 19.3 Å². The first-order valence-corrected chi connectivity index (χ1v) is 6.23. The van der Waals surface area contributed by atoms with Gasteiger partial charge in [-0.15, -0.1) is 0 Å². The van der Waals surface area contributed by atoms with E-state index in [2.05, 4.69) is 15.3 Å². The Labute approximate surface area is 106 Å². The van der Waals surface area contributed by atoms with Crippen LogP contribution in [0.1, 0.15) is 42.6 Å². The number of nitrogens with zero attached hydrogens (tertiary/aromatic N) is 2. The zero-order valence-electron chi connectivity index (χ0n) is 10.2. The summed E-state index contributed by atoms with van der Waals surface area (Å²) in [6, 6.07) is -0.205. The number of carbonyl (C=O) groups excluding carboxylic acids is 1. The van der Waals surface area contributed by atoms with Crippen molar-refractivity contribution in [3.63, 3.8) is 0 Å². The minimum absolute atomic E-state index is 0.187. The van der Waals surface area contributed by atoms with Crippen LogP contribution < -0.4 is 11.1 Å². The summed E-state index contributed by atoms with van der Waals surface area (Å²) in [6.07, 6.45) is 6.92. The molecule has 1 amide bonds. The molecule has 0 radical (unpaired) electrons. The molecular formula is C12H18N4O2. The third kappa shape index (κ3) is 3.16. The SMILES string of the molecule is Nc1cncc(C(=O)NC2CCCCCC2O)n1. The van der Waals surface area contributed by atoms with Gasteiger partial charge in [-0.05, 0) is 12.8 Å². The third-order valence-electron chi connectivity index (χ3n) is 3.18. The average Bonchev–Trinajstić information content (AvgIpc) is 2.55. The number of anilines is 1. The summed E-state index contributed by atoms with van der Waals surface area (Å²) < 4.78 is 0. The molecule has 6 heteroatoms. The van der Waals surface area contributed by atoms with Crippen LogP contribution in [-0.4, -0.2) is 33.1 Å². The highest BCUT2D eigenvalue weighted by Gasteiger charge is 2.24. The summed E-state index contributed by atoms with van der Waals surface area (Å²) >= 11 is 0. The summed E-state index contributed by atoms with van der Waals surface area (Å²) in [5.41, 5.74) is 5.67. The lowest BCUT2D eigenvalue weighted by Crippen LogP contribution is -2.43. The summed E-state index contributed by atoms with van der Waals surface area (Å²) in [5, 5.41) is 12.7. The number of carbonyl (C=O) groups is 1. The fourth-order valence-corrected chi connectivity index (χ4v) is 2.19. The number of amides is 1. The zero-order valence-corrected chi connectivity index (χ0v) is 10.2. The first-order chi connectivity index (χ1) is 8.66. The number of nitrogen functional groups attached to an aromatic ring is 1. The Kier molecular flexibility index (Phi) is 4.09. The molecule has 0 spiro atoms. The maximum Gasteiger partial charge on any atom is 0.271 e. The minimum atomic E-state index is -0.481. The van der Waals surface area contributed by atoms with Crippen LogP contribution in [0.4, 0.5) is 5.82 Å². The van der Waals surface area contributed by atoms with E-state index >= 15 is 0 Å². The Morgan fingerprint density at radius 3 is 2.89 bits per heavy atom. The van der Waals surface area contributed by atoms with Crippen LogP contribution in [-0.2, 0) is 0 Å². The number of rotatable bonds is 2. The van der Waals surface area contributed by atoms with E-state index < -0.39 is 6.10 Å². The fraction of sp³-hybridized carbons (Fsp3) is 0.583.